The molecule has 2 aromatic carbocycles. The molecule has 0 amide bonds. The molecule has 0 saturated heterocycles. The predicted molar refractivity (Wildman–Crippen MR) is 111 cm³/mol. The van der Waals surface area contributed by atoms with Gasteiger partial charge in [-0.05, 0) is 11.6 Å². The maximum absolute atomic E-state index is 10.2. The van der Waals surface area contributed by atoms with E-state index in [1.54, 1.807) is 0 Å². The smallest absolute Gasteiger partial charge is 0.170 e. The van der Waals surface area contributed by atoms with Crippen LogP contribution in [0.2, 0.25) is 0 Å². The van der Waals surface area contributed by atoms with Crippen LogP contribution in [0.4, 0.5) is 5.82 Å². The van der Waals surface area contributed by atoms with Crippen LogP contribution in [0.25, 0.3) is 10.8 Å². The Morgan fingerprint density at radius 1 is 1.07 bits per heavy atom. The molecular formula is C21H27N5O2. The summed E-state index contributed by atoms with van der Waals surface area (Å²) >= 11 is 0. The number of rotatable bonds is 9. The maximum atomic E-state index is 10.2. The van der Waals surface area contributed by atoms with Crippen molar-refractivity contribution in [2.45, 2.75) is 32.4 Å². The molecule has 1 aromatic heterocycles. The Balaban J connectivity index is 1.91. The molecule has 28 heavy (non-hydrogen) atoms. The molecule has 7 nitrogen and oxygen atoms in total. The highest BCUT2D eigenvalue weighted by Gasteiger charge is 2.15. The van der Waals surface area contributed by atoms with Crippen molar-refractivity contribution in [2.75, 3.05) is 18.6 Å². The van der Waals surface area contributed by atoms with Gasteiger partial charge in [0.2, 0.25) is 0 Å². The van der Waals surface area contributed by atoms with Gasteiger partial charge in [-0.25, -0.2) is 5.84 Å². The fraction of sp³-hybridized carbons (Fsp3) is 0.333. The zero-order chi connectivity index (χ0) is 19.9. The second kappa shape index (κ2) is 9.45. The number of fused-ring (bicyclic) bond motifs is 1. The summed E-state index contributed by atoms with van der Waals surface area (Å²) in [5.41, 5.74) is 4.52. The van der Waals surface area contributed by atoms with Gasteiger partial charge in [0.15, 0.2) is 5.82 Å². The lowest BCUT2D eigenvalue weighted by atomic mass is 10.0. The van der Waals surface area contributed by atoms with Gasteiger partial charge >= 0.3 is 0 Å². The Kier molecular flexibility index (Phi) is 6.76. The molecule has 0 radical (unpaired) electrons. The van der Waals surface area contributed by atoms with E-state index in [1.165, 1.54) is 0 Å². The number of anilines is 1. The van der Waals surface area contributed by atoms with Crippen molar-refractivity contribution in [3.05, 3.63) is 59.8 Å². The number of hydrazine groups is 1. The normalized spacial score (nSPS) is 12.3. The third kappa shape index (κ3) is 4.95. The number of nitrogens with one attached hydrogen (secondary N) is 2. The molecule has 148 valence electrons. The summed E-state index contributed by atoms with van der Waals surface area (Å²) in [5.74, 6) is 6.75. The standard InChI is InChI=1S/C21H27N5O2/c1-14(2)23-12-16(27)13-28-19-10-6-9-17-20(19)18(25-26-21(17)24-22)11-15-7-4-3-5-8-15/h3-10,14,16,23,27H,11-13,22H2,1-2H3,(H,24,26). The minimum Gasteiger partial charge on any atom is -0.490 e. The van der Waals surface area contributed by atoms with Crippen molar-refractivity contribution in [1.29, 1.82) is 0 Å². The first-order valence-electron chi connectivity index (χ1n) is 9.41. The van der Waals surface area contributed by atoms with Crippen LogP contribution in [0.5, 0.6) is 5.75 Å². The van der Waals surface area contributed by atoms with Crippen molar-refractivity contribution >= 4 is 16.6 Å². The van der Waals surface area contributed by atoms with Gasteiger partial charge in [0.25, 0.3) is 0 Å². The summed E-state index contributed by atoms with van der Waals surface area (Å²) in [5, 5.41) is 23.6. The van der Waals surface area contributed by atoms with Crippen LogP contribution < -0.4 is 21.3 Å². The van der Waals surface area contributed by atoms with Crippen LogP contribution in [-0.4, -0.2) is 40.6 Å². The second-order valence-electron chi connectivity index (χ2n) is 7.01. The molecule has 0 spiro atoms. The number of benzene rings is 2. The zero-order valence-corrected chi connectivity index (χ0v) is 16.2. The number of hydrogen-bond acceptors (Lipinski definition) is 7. The zero-order valence-electron chi connectivity index (χ0n) is 16.2. The van der Waals surface area contributed by atoms with Crippen LogP contribution in [-0.2, 0) is 6.42 Å². The van der Waals surface area contributed by atoms with Crippen LogP contribution in [0.3, 0.4) is 0 Å². The Hall–Kier alpha value is -2.74. The van der Waals surface area contributed by atoms with E-state index in [0.29, 0.717) is 30.6 Å². The van der Waals surface area contributed by atoms with E-state index in [4.69, 9.17) is 10.6 Å². The van der Waals surface area contributed by atoms with E-state index >= 15 is 0 Å². The van der Waals surface area contributed by atoms with E-state index in [1.807, 2.05) is 62.4 Å². The first-order chi connectivity index (χ1) is 13.6. The molecule has 5 N–H and O–H groups in total. The lowest BCUT2D eigenvalue weighted by Gasteiger charge is -2.17. The summed E-state index contributed by atoms with van der Waals surface area (Å²) in [4.78, 5) is 0. The van der Waals surface area contributed by atoms with Crippen molar-refractivity contribution in [1.82, 2.24) is 15.5 Å². The van der Waals surface area contributed by atoms with E-state index in [-0.39, 0.29) is 6.61 Å². The number of aromatic nitrogens is 2. The highest BCUT2D eigenvalue weighted by molar-refractivity contribution is 5.97. The number of nitrogen functional groups attached to an aromatic ring is 1. The number of aliphatic hydroxyl groups is 1. The summed E-state index contributed by atoms with van der Waals surface area (Å²) in [7, 11) is 0. The minimum absolute atomic E-state index is 0.178. The monoisotopic (exact) mass is 381 g/mol. The number of nitrogens with zero attached hydrogens (tertiary/aromatic N) is 2. The number of aliphatic hydroxyl groups excluding tert-OH is 1. The van der Waals surface area contributed by atoms with Gasteiger partial charge in [0, 0.05) is 24.4 Å². The van der Waals surface area contributed by atoms with Crippen LogP contribution in [0.15, 0.2) is 48.5 Å². The van der Waals surface area contributed by atoms with E-state index in [9.17, 15) is 5.11 Å². The Morgan fingerprint density at radius 3 is 2.57 bits per heavy atom. The second-order valence-corrected chi connectivity index (χ2v) is 7.01. The van der Waals surface area contributed by atoms with Gasteiger partial charge in [-0.2, -0.15) is 5.10 Å². The average Bonchev–Trinajstić information content (AvgIpc) is 2.71. The molecule has 0 bridgehead atoms. The first-order valence-corrected chi connectivity index (χ1v) is 9.41. The summed E-state index contributed by atoms with van der Waals surface area (Å²) < 4.78 is 5.96. The molecule has 1 unspecified atom stereocenters. The minimum atomic E-state index is -0.614. The van der Waals surface area contributed by atoms with Crippen molar-refractivity contribution in [3.8, 4) is 5.75 Å². The summed E-state index contributed by atoms with van der Waals surface area (Å²) in [6.45, 7) is 4.72. The molecule has 0 aliphatic heterocycles. The van der Waals surface area contributed by atoms with Gasteiger partial charge in [-0.15, -0.1) is 5.10 Å². The molecule has 3 aromatic rings. The average molecular weight is 381 g/mol. The third-order valence-corrected chi connectivity index (χ3v) is 4.38. The number of hydrogen-bond donors (Lipinski definition) is 4. The summed E-state index contributed by atoms with van der Waals surface area (Å²) in [6, 6.07) is 16.1. The van der Waals surface area contributed by atoms with Gasteiger partial charge in [0.1, 0.15) is 18.5 Å². The fourth-order valence-corrected chi connectivity index (χ4v) is 3.00. The molecule has 0 fully saturated rings. The topological polar surface area (TPSA) is 105 Å². The molecule has 1 atom stereocenters. The predicted octanol–water partition coefficient (Wildman–Crippen LogP) is 2.24. The quantitative estimate of drug-likeness (QED) is 0.333. The lowest BCUT2D eigenvalue weighted by molar-refractivity contribution is 0.105. The van der Waals surface area contributed by atoms with Crippen LogP contribution >= 0.6 is 0 Å². The molecule has 7 heteroatoms. The third-order valence-electron chi connectivity index (χ3n) is 4.38. The molecule has 0 aliphatic carbocycles. The van der Waals surface area contributed by atoms with Crippen LogP contribution in [0.1, 0.15) is 25.1 Å². The highest BCUT2D eigenvalue weighted by atomic mass is 16.5. The largest absolute Gasteiger partial charge is 0.490 e. The van der Waals surface area contributed by atoms with E-state index in [0.717, 1.165) is 22.0 Å². The SMILES string of the molecule is CC(C)NCC(O)COc1cccc2c(NN)nnc(Cc3ccccc3)c12. The lowest BCUT2D eigenvalue weighted by Crippen LogP contribution is -2.35. The molecule has 0 aliphatic rings. The van der Waals surface area contributed by atoms with Gasteiger partial charge in [-0.3, -0.25) is 0 Å². The Morgan fingerprint density at radius 2 is 1.86 bits per heavy atom. The molecular weight excluding hydrogens is 354 g/mol. The van der Waals surface area contributed by atoms with Crippen molar-refractivity contribution in [2.24, 2.45) is 5.84 Å². The summed E-state index contributed by atoms with van der Waals surface area (Å²) in [6.07, 6.45) is 0.00431. The fourth-order valence-electron chi connectivity index (χ4n) is 3.00. The Bertz CT molecular complexity index is 902. The maximum Gasteiger partial charge on any atom is 0.170 e. The van der Waals surface area contributed by atoms with Gasteiger partial charge < -0.3 is 20.6 Å². The molecule has 1 heterocycles. The molecule has 0 saturated carbocycles. The van der Waals surface area contributed by atoms with Gasteiger partial charge in [-0.1, -0.05) is 56.3 Å². The van der Waals surface area contributed by atoms with E-state index < -0.39 is 6.10 Å². The highest BCUT2D eigenvalue weighted by Crippen LogP contribution is 2.32. The van der Waals surface area contributed by atoms with Crippen molar-refractivity contribution in [3.63, 3.8) is 0 Å². The van der Waals surface area contributed by atoms with Crippen LogP contribution in [0, 0.1) is 0 Å². The van der Waals surface area contributed by atoms with Gasteiger partial charge in [0.05, 0.1) is 11.1 Å². The Labute approximate surface area is 164 Å². The number of ether oxygens (including phenoxy) is 1. The first kappa shape index (κ1) is 20.0. The molecule has 3 rings (SSSR count). The van der Waals surface area contributed by atoms with Crippen molar-refractivity contribution < 1.29 is 9.84 Å². The number of nitrogens with two attached hydrogens (primary N) is 1. The van der Waals surface area contributed by atoms with E-state index in [2.05, 4.69) is 20.9 Å².